The molecule has 0 spiro atoms. The van der Waals surface area contributed by atoms with Crippen LogP contribution in [0.3, 0.4) is 0 Å². The van der Waals surface area contributed by atoms with Gasteiger partial charge in [-0.3, -0.25) is 4.79 Å². The fourth-order valence-electron chi connectivity index (χ4n) is 2.24. The van der Waals surface area contributed by atoms with Crippen molar-refractivity contribution in [2.45, 2.75) is 37.8 Å². The molecule has 2 rings (SSSR count). The maximum Gasteiger partial charge on any atom is 0.237 e. The van der Waals surface area contributed by atoms with Gasteiger partial charge in [0.05, 0.1) is 17.5 Å². The van der Waals surface area contributed by atoms with E-state index in [4.69, 9.17) is 0 Å². The zero-order valence-corrected chi connectivity index (χ0v) is 10.1. The summed E-state index contributed by atoms with van der Waals surface area (Å²) in [7, 11) is -2.84. The molecule has 2 N–H and O–H groups in total. The summed E-state index contributed by atoms with van der Waals surface area (Å²) in [5.41, 5.74) is 0. The van der Waals surface area contributed by atoms with E-state index in [-0.39, 0.29) is 29.5 Å². The van der Waals surface area contributed by atoms with Gasteiger partial charge >= 0.3 is 0 Å². The standard InChI is InChI=1S/C10H18N2O3S/c13-10(9-2-1-5-11-9)12-8-3-6-16(14,15)7-4-8/h8-9,11H,1-7H2,(H,12,13)/t9-/m0/s1. The Morgan fingerprint density at radius 1 is 1.19 bits per heavy atom. The summed E-state index contributed by atoms with van der Waals surface area (Å²) < 4.78 is 22.4. The van der Waals surface area contributed by atoms with E-state index in [0.717, 1.165) is 19.4 Å². The van der Waals surface area contributed by atoms with Crippen LogP contribution in [0.1, 0.15) is 25.7 Å². The smallest absolute Gasteiger partial charge is 0.237 e. The molecule has 2 fully saturated rings. The van der Waals surface area contributed by atoms with Gasteiger partial charge in [0.15, 0.2) is 0 Å². The van der Waals surface area contributed by atoms with Crippen LogP contribution >= 0.6 is 0 Å². The van der Waals surface area contributed by atoms with Crippen LogP contribution in [0.15, 0.2) is 0 Å². The van der Waals surface area contributed by atoms with E-state index in [1.54, 1.807) is 0 Å². The Bertz CT molecular complexity index is 346. The van der Waals surface area contributed by atoms with E-state index in [2.05, 4.69) is 10.6 Å². The van der Waals surface area contributed by atoms with Gasteiger partial charge in [-0.25, -0.2) is 8.42 Å². The van der Waals surface area contributed by atoms with Crippen LogP contribution < -0.4 is 10.6 Å². The van der Waals surface area contributed by atoms with Crippen LogP contribution in [0.2, 0.25) is 0 Å². The number of nitrogens with one attached hydrogen (secondary N) is 2. The van der Waals surface area contributed by atoms with Crippen molar-refractivity contribution in [1.82, 2.24) is 10.6 Å². The third kappa shape index (κ3) is 2.95. The highest BCUT2D eigenvalue weighted by molar-refractivity contribution is 7.91. The minimum atomic E-state index is -2.84. The maximum atomic E-state index is 11.8. The monoisotopic (exact) mass is 246 g/mol. The van der Waals surface area contributed by atoms with Gasteiger partial charge in [0.2, 0.25) is 5.91 Å². The third-order valence-corrected chi connectivity index (χ3v) is 4.99. The van der Waals surface area contributed by atoms with E-state index < -0.39 is 9.84 Å². The lowest BCUT2D eigenvalue weighted by molar-refractivity contribution is -0.123. The Balaban J connectivity index is 1.80. The van der Waals surface area contributed by atoms with E-state index in [1.807, 2.05) is 0 Å². The summed E-state index contributed by atoms with van der Waals surface area (Å²) in [6, 6.07) is -0.0306. The largest absolute Gasteiger partial charge is 0.352 e. The highest BCUT2D eigenvalue weighted by Gasteiger charge is 2.28. The molecular weight excluding hydrogens is 228 g/mol. The molecule has 1 amide bonds. The molecule has 0 aliphatic carbocycles. The number of hydrogen-bond donors (Lipinski definition) is 2. The Morgan fingerprint density at radius 2 is 1.88 bits per heavy atom. The molecule has 1 atom stereocenters. The molecule has 0 radical (unpaired) electrons. The van der Waals surface area contributed by atoms with Gasteiger partial charge < -0.3 is 10.6 Å². The van der Waals surface area contributed by atoms with Crippen molar-refractivity contribution in [3.63, 3.8) is 0 Å². The molecule has 2 heterocycles. The Kier molecular flexibility index (Phi) is 3.49. The van der Waals surface area contributed by atoms with Crippen LogP contribution in [-0.2, 0) is 14.6 Å². The van der Waals surface area contributed by atoms with Crippen molar-refractivity contribution in [2.75, 3.05) is 18.1 Å². The minimum Gasteiger partial charge on any atom is -0.352 e. The van der Waals surface area contributed by atoms with Crippen LogP contribution in [0.4, 0.5) is 0 Å². The first kappa shape index (κ1) is 11.9. The molecule has 0 saturated carbocycles. The van der Waals surface area contributed by atoms with Crippen LogP contribution in [-0.4, -0.2) is 44.5 Å². The van der Waals surface area contributed by atoms with E-state index in [1.165, 1.54) is 0 Å². The van der Waals surface area contributed by atoms with Crippen molar-refractivity contribution in [3.8, 4) is 0 Å². The summed E-state index contributed by atoms with van der Waals surface area (Å²) in [5.74, 6) is 0.438. The number of carbonyl (C=O) groups is 1. The number of sulfone groups is 1. The molecule has 5 nitrogen and oxygen atoms in total. The highest BCUT2D eigenvalue weighted by Crippen LogP contribution is 2.13. The third-order valence-electron chi connectivity index (χ3n) is 3.28. The lowest BCUT2D eigenvalue weighted by atomic mass is 10.1. The van der Waals surface area contributed by atoms with Gasteiger partial charge in [0.25, 0.3) is 0 Å². The molecule has 16 heavy (non-hydrogen) atoms. The van der Waals surface area contributed by atoms with E-state index >= 15 is 0 Å². The average Bonchev–Trinajstić information content (AvgIpc) is 2.74. The van der Waals surface area contributed by atoms with Crippen molar-refractivity contribution in [2.24, 2.45) is 0 Å². The zero-order valence-electron chi connectivity index (χ0n) is 9.24. The maximum absolute atomic E-state index is 11.8. The van der Waals surface area contributed by atoms with Crippen LogP contribution in [0.5, 0.6) is 0 Å². The molecule has 2 aliphatic heterocycles. The highest BCUT2D eigenvalue weighted by atomic mass is 32.2. The summed E-state index contributed by atoms with van der Waals surface area (Å²) in [5, 5.41) is 6.06. The topological polar surface area (TPSA) is 75.3 Å². The van der Waals surface area contributed by atoms with Gasteiger partial charge in [0.1, 0.15) is 9.84 Å². The summed E-state index contributed by atoms with van der Waals surface area (Å²) in [6.07, 6.45) is 3.04. The second kappa shape index (κ2) is 4.71. The summed E-state index contributed by atoms with van der Waals surface area (Å²) >= 11 is 0. The Hall–Kier alpha value is -0.620. The second-order valence-electron chi connectivity index (χ2n) is 4.58. The predicted octanol–water partition coefficient (Wildman–Crippen LogP) is -0.568. The van der Waals surface area contributed by atoms with Gasteiger partial charge in [-0.1, -0.05) is 0 Å². The lowest BCUT2D eigenvalue weighted by Gasteiger charge is -2.24. The first-order valence-corrected chi connectivity index (χ1v) is 7.63. The number of carbonyl (C=O) groups excluding carboxylic acids is 1. The lowest BCUT2D eigenvalue weighted by Crippen LogP contribution is -2.47. The van der Waals surface area contributed by atoms with Gasteiger partial charge in [0, 0.05) is 6.04 Å². The second-order valence-corrected chi connectivity index (χ2v) is 6.89. The molecule has 0 aromatic heterocycles. The molecule has 6 heteroatoms. The van der Waals surface area contributed by atoms with Gasteiger partial charge in [-0.05, 0) is 32.2 Å². The molecular formula is C10H18N2O3S. The normalized spacial score (nSPS) is 30.1. The molecule has 0 bridgehead atoms. The zero-order chi connectivity index (χ0) is 11.6. The minimum absolute atomic E-state index is 0.0294. The SMILES string of the molecule is O=C(NC1CCS(=O)(=O)CC1)[C@@H]1CCCN1. The number of rotatable bonds is 2. The van der Waals surface area contributed by atoms with E-state index in [0.29, 0.717) is 12.8 Å². The van der Waals surface area contributed by atoms with Crippen molar-refractivity contribution in [1.29, 1.82) is 0 Å². The number of hydrogen-bond acceptors (Lipinski definition) is 4. The van der Waals surface area contributed by atoms with E-state index in [9.17, 15) is 13.2 Å². The van der Waals surface area contributed by atoms with Crippen molar-refractivity contribution >= 4 is 15.7 Å². The molecule has 0 aromatic carbocycles. The first-order valence-electron chi connectivity index (χ1n) is 5.81. The first-order chi connectivity index (χ1) is 7.57. The predicted molar refractivity (Wildman–Crippen MR) is 60.8 cm³/mol. The van der Waals surface area contributed by atoms with Gasteiger partial charge in [-0.2, -0.15) is 0 Å². The average molecular weight is 246 g/mol. The molecule has 92 valence electrons. The summed E-state index contributed by atoms with van der Waals surface area (Å²) in [6.45, 7) is 0.900. The Labute approximate surface area is 95.9 Å². The van der Waals surface area contributed by atoms with Crippen LogP contribution in [0, 0.1) is 0 Å². The molecule has 2 aliphatic rings. The van der Waals surface area contributed by atoms with Crippen LogP contribution in [0.25, 0.3) is 0 Å². The molecule has 0 unspecified atom stereocenters. The van der Waals surface area contributed by atoms with Crippen molar-refractivity contribution < 1.29 is 13.2 Å². The van der Waals surface area contributed by atoms with Gasteiger partial charge in [-0.15, -0.1) is 0 Å². The fourth-order valence-corrected chi connectivity index (χ4v) is 3.74. The summed E-state index contributed by atoms with van der Waals surface area (Å²) in [4.78, 5) is 11.8. The number of amides is 1. The molecule has 2 saturated heterocycles. The Morgan fingerprint density at radius 3 is 2.44 bits per heavy atom. The van der Waals surface area contributed by atoms with Crippen molar-refractivity contribution in [3.05, 3.63) is 0 Å². The molecule has 0 aromatic rings. The quantitative estimate of drug-likeness (QED) is 0.684. The fraction of sp³-hybridized carbons (Fsp3) is 0.900.